The minimum absolute atomic E-state index is 0.544. The molecule has 96 valence electrons. The van der Waals surface area contributed by atoms with Crippen LogP contribution in [0.5, 0.6) is 0 Å². The zero-order valence-corrected chi connectivity index (χ0v) is 12.0. The third-order valence-electron chi connectivity index (χ3n) is 3.76. The molecule has 17 heavy (non-hydrogen) atoms. The maximum Gasteiger partial charge on any atom is 0.0965 e. The summed E-state index contributed by atoms with van der Waals surface area (Å²) in [7, 11) is 0. The van der Waals surface area contributed by atoms with E-state index in [1.807, 2.05) is 6.20 Å². The van der Waals surface area contributed by atoms with Crippen LogP contribution in [0, 0.1) is 11.8 Å². The van der Waals surface area contributed by atoms with Crippen molar-refractivity contribution in [2.24, 2.45) is 11.8 Å². The van der Waals surface area contributed by atoms with Crippen LogP contribution in [0.1, 0.15) is 51.0 Å². The first-order valence-corrected chi connectivity index (χ1v) is 7.66. The van der Waals surface area contributed by atoms with Gasteiger partial charge in [-0.05, 0) is 31.1 Å². The number of aromatic nitrogens is 1. The Morgan fingerprint density at radius 1 is 1.35 bits per heavy atom. The van der Waals surface area contributed by atoms with Crippen molar-refractivity contribution in [2.45, 2.75) is 52.0 Å². The van der Waals surface area contributed by atoms with Crippen molar-refractivity contribution in [2.75, 3.05) is 6.54 Å². The number of hydrogen-bond donors (Lipinski definition) is 1. The maximum atomic E-state index is 4.39. The predicted octanol–water partition coefficient (Wildman–Crippen LogP) is 3.66. The molecule has 1 saturated carbocycles. The summed E-state index contributed by atoms with van der Waals surface area (Å²) in [6, 6.07) is 0.719. The summed E-state index contributed by atoms with van der Waals surface area (Å²) in [6.45, 7) is 8.10. The highest BCUT2D eigenvalue weighted by molar-refractivity contribution is 7.09. The normalized spacial score (nSPS) is 31.4. The molecule has 0 saturated heterocycles. The summed E-state index contributed by atoms with van der Waals surface area (Å²) >= 11 is 1.77. The van der Waals surface area contributed by atoms with Crippen LogP contribution in [0.25, 0.3) is 0 Å². The zero-order valence-electron chi connectivity index (χ0n) is 11.1. The van der Waals surface area contributed by atoms with Crippen LogP contribution < -0.4 is 5.32 Å². The molecule has 0 amide bonds. The lowest BCUT2D eigenvalue weighted by atomic mass is 9.80. The SMILES string of the molecule is CC1CC(C)CC(NCC(C)c2nccs2)C1. The Balaban J connectivity index is 1.78. The fourth-order valence-corrected chi connectivity index (χ4v) is 3.72. The molecule has 1 N–H and O–H groups in total. The second-order valence-electron chi connectivity index (χ2n) is 5.79. The van der Waals surface area contributed by atoms with Crippen molar-refractivity contribution in [1.82, 2.24) is 10.3 Å². The first-order valence-electron chi connectivity index (χ1n) is 6.78. The minimum atomic E-state index is 0.544. The van der Waals surface area contributed by atoms with Crippen LogP contribution in [0.15, 0.2) is 11.6 Å². The van der Waals surface area contributed by atoms with Gasteiger partial charge in [0, 0.05) is 30.1 Å². The van der Waals surface area contributed by atoms with Crippen LogP contribution in [-0.2, 0) is 0 Å². The van der Waals surface area contributed by atoms with E-state index in [9.17, 15) is 0 Å². The topological polar surface area (TPSA) is 24.9 Å². The van der Waals surface area contributed by atoms with Crippen molar-refractivity contribution in [3.63, 3.8) is 0 Å². The van der Waals surface area contributed by atoms with Gasteiger partial charge in [0.05, 0.1) is 5.01 Å². The monoisotopic (exact) mass is 252 g/mol. The van der Waals surface area contributed by atoms with E-state index in [0.29, 0.717) is 5.92 Å². The minimum Gasteiger partial charge on any atom is -0.313 e. The average molecular weight is 252 g/mol. The summed E-state index contributed by atoms with van der Waals surface area (Å²) in [6.07, 6.45) is 5.99. The van der Waals surface area contributed by atoms with Gasteiger partial charge in [-0.2, -0.15) is 0 Å². The molecule has 3 atom stereocenters. The number of nitrogens with one attached hydrogen (secondary N) is 1. The Morgan fingerprint density at radius 2 is 2.06 bits per heavy atom. The van der Waals surface area contributed by atoms with Crippen molar-refractivity contribution in [1.29, 1.82) is 0 Å². The van der Waals surface area contributed by atoms with Crippen LogP contribution >= 0.6 is 11.3 Å². The quantitative estimate of drug-likeness (QED) is 0.884. The van der Waals surface area contributed by atoms with Crippen LogP contribution in [-0.4, -0.2) is 17.6 Å². The van der Waals surface area contributed by atoms with E-state index in [0.717, 1.165) is 24.4 Å². The molecule has 2 nitrogen and oxygen atoms in total. The molecule has 1 fully saturated rings. The second-order valence-corrected chi connectivity index (χ2v) is 6.72. The van der Waals surface area contributed by atoms with Crippen molar-refractivity contribution < 1.29 is 0 Å². The predicted molar refractivity (Wildman–Crippen MR) is 74.5 cm³/mol. The van der Waals surface area contributed by atoms with Crippen LogP contribution in [0.4, 0.5) is 0 Å². The van der Waals surface area contributed by atoms with Gasteiger partial charge in [-0.25, -0.2) is 4.98 Å². The van der Waals surface area contributed by atoms with Gasteiger partial charge < -0.3 is 5.32 Å². The molecule has 2 rings (SSSR count). The summed E-state index contributed by atoms with van der Waals surface area (Å²) in [5, 5.41) is 7.06. The van der Waals surface area contributed by atoms with E-state index >= 15 is 0 Å². The third-order valence-corrected chi connectivity index (χ3v) is 4.77. The van der Waals surface area contributed by atoms with Crippen molar-refractivity contribution in [3.05, 3.63) is 16.6 Å². The molecular weight excluding hydrogens is 228 g/mol. The van der Waals surface area contributed by atoms with E-state index < -0.39 is 0 Å². The van der Waals surface area contributed by atoms with Gasteiger partial charge in [0.2, 0.25) is 0 Å². The fourth-order valence-electron chi connectivity index (χ4n) is 3.02. The largest absolute Gasteiger partial charge is 0.313 e. The third kappa shape index (κ3) is 3.78. The first-order chi connectivity index (χ1) is 8.15. The molecule has 0 radical (unpaired) electrons. The summed E-state index contributed by atoms with van der Waals surface area (Å²) < 4.78 is 0. The fraction of sp³-hybridized carbons (Fsp3) is 0.786. The summed E-state index contributed by atoms with van der Waals surface area (Å²) in [5.41, 5.74) is 0. The van der Waals surface area contributed by atoms with Crippen LogP contribution in [0.2, 0.25) is 0 Å². The zero-order chi connectivity index (χ0) is 12.3. The Hall–Kier alpha value is -0.410. The Morgan fingerprint density at radius 3 is 2.65 bits per heavy atom. The second kappa shape index (κ2) is 5.96. The van der Waals surface area contributed by atoms with Gasteiger partial charge in [0.25, 0.3) is 0 Å². The van der Waals surface area contributed by atoms with E-state index in [1.165, 1.54) is 24.3 Å². The number of thiazole rings is 1. The maximum absolute atomic E-state index is 4.39. The van der Waals surface area contributed by atoms with E-state index in [-0.39, 0.29) is 0 Å². The van der Waals surface area contributed by atoms with Gasteiger partial charge in [0.1, 0.15) is 0 Å². The highest BCUT2D eigenvalue weighted by Crippen LogP contribution is 2.28. The highest BCUT2D eigenvalue weighted by Gasteiger charge is 2.23. The molecule has 1 aromatic heterocycles. The molecule has 3 heteroatoms. The number of nitrogens with zero attached hydrogens (tertiary/aromatic N) is 1. The molecular formula is C14H24N2S. The molecule has 1 heterocycles. The standard InChI is InChI=1S/C14H24N2S/c1-10-6-11(2)8-13(7-10)16-9-12(3)14-15-4-5-17-14/h4-5,10-13,16H,6-9H2,1-3H3. The lowest BCUT2D eigenvalue weighted by Crippen LogP contribution is -2.38. The van der Waals surface area contributed by atoms with Crippen molar-refractivity contribution in [3.8, 4) is 0 Å². The number of rotatable bonds is 4. The lowest BCUT2D eigenvalue weighted by molar-refractivity contribution is 0.237. The Bertz CT molecular complexity index is 313. The van der Waals surface area contributed by atoms with Gasteiger partial charge in [-0.1, -0.05) is 20.8 Å². The molecule has 1 aliphatic rings. The Kier molecular flexibility index (Phi) is 4.57. The highest BCUT2D eigenvalue weighted by atomic mass is 32.1. The van der Waals surface area contributed by atoms with Gasteiger partial charge >= 0.3 is 0 Å². The van der Waals surface area contributed by atoms with Gasteiger partial charge in [-0.3, -0.25) is 0 Å². The lowest BCUT2D eigenvalue weighted by Gasteiger charge is -2.32. The van der Waals surface area contributed by atoms with E-state index in [2.05, 4.69) is 36.5 Å². The molecule has 0 aliphatic heterocycles. The molecule has 1 aromatic rings. The Labute approximate surface area is 109 Å². The molecule has 0 aromatic carbocycles. The smallest absolute Gasteiger partial charge is 0.0965 e. The van der Waals surface area contributed by atoms with Crippen molar-refractivity contribution >= 4 is 11.3 Å². The molecule has 3 unspecified atom stereocenters. The summed E-state index contributed by atoms with van der Waals surface area (Å²) in [4.78, 5) is 4.39. The van der Waals surface area contributed by atoms with E-state index in [4.69, 9.17) is 0 Å². The molecule has 0 bridgehead atoms. The van der Waals surface area contributed by atoms with Crippen LogP contribution in [0.3, 0.4) is 0 Å². The molecule has 0 spiro atoms. The average Bonchev–Trinajstić information content (AvgIpc) is 2.78. The first kappa shape index (κ1) is 13.0. The van der Waals surface area contributed by atoms with Gasteiger partial charge in [0.15, 0.2) is 0 Å². The summed E-state index contributed by atoms with van der Waals surface area (Å²) in [5.74, 6) is 2.31. The number of hydrogen-bond acceptors (Lipinski definition) is 3. The van der Waals surface area contributed by atoms with Gasteiger partial charge in [-0.15, -0.1) is 11.3 Å². The molecule has 1 aliphatic carbocycles. The van der Waals surface area contributed by atoms with E-state index in [1.54, 1.807) is 11.3 Å².